The summed E-state index contributed by atoms with van der Waals surface area (Å²) in [6.07, 6.45) is 11.2. The number of pyridine rings is 1. The first-order valence-electron chi connectivity index (χ1n) is 10.3. The van der Waals surface area contributed by atoms with E-state index >= 15 is 0 Å². The summed E-state index contributed by atoms with van der Waals surface area (Å²) in [5.74, 6) is 2.13. The quantitative estimate of drug-likeness (QED) is 0.592. The number of hydrogen-bond donors (Lipinski definition) is 1. The second-order valence-corrected chi connectivity index (χ2v) is 8.37. The van der Waals surface area contributed by atoms with Crippen LogP contribution >= 0.6 is 0 Å². The summed E-state index contributed by atoms with van der Waals surface area (Å²) in [6, 6.07) is 4.23. The number of aryl methyl sites for hydroxylation is 1. The van der Waals surface area contributed by atoms with Crippen LogP contribution in [0.4, 0.5) is 5.82 Å². The topological polar surface area (TPSA) is 54.5 Å². The van der Waals surface area contributed by atoms with E-state index in [4.69, 9.17) is 4.74 Å². The minimum absolute atomic E-state index is 0.0292. The minimum atomic E-state index is -0.0292. The molecule has 0 unspecified atom stereocenters. The van der Waals surface area contributed by atoms with Crippen LogP contribution in [0.2, 0.25) is 0 Å². The number of fused-ring (bicyclic) bond motifs is 1. The largest absolute Gasteiger partial charge is 0.369 e. The molecule has 1 aromatic rings. The lowest BCUT2D eigenvalue weighted by atomic mass is 9.73. The molecule has 1 amide bonds. The van der Waals surface area contributed by atoms with E-state index in [9.17, 15) is 4.79 Å². The van der Waals surface area contributed by atoms with Crippen molar-refractivity contribution < 1.29 is 9.53 Å². The van der Waals surface area contributed by atoms with Crippen molar-refractivity contribution in [2.75, 3.05) is 24.5 Å². The third-order valence-corrected chi connectivity index (χ3v) is 6.55. The maximum absolute atomic E-state index is 12.2. The number of nitrogens with zero attached hydrogens (tertiary/aromatic N) is 2. The Morgan fingerprint density at radius 2 is 2.37 bits per heavy atom. The molecular weight excluding hydrogens is 338 g/mol. The van der Waals surface area contributed by atoms with Crippen LogP contribution in [0.5, 0.6) is 0 Å². The molecule has 1 spiro atoms. The normalized spacial score (nSPS) is 31.6. The number of allylic oxidation sites excluding steroid dienone is 2. The fraction of sp³-hybridized carbons (Fsp3) is 0.636. The monoisotopic (exact) mass is 369 g/mol. The zero-order valence-electron chi connectivity index (χ0n) is 16.5. The maximum atomic E-state index is 12.2. The molecule has 1 N–H and O–H groups in total. The van der Waals surface area contributed by atoms with Gasteiger partial charge in [0, 0.05) is 44.1 Å². The number of carbonyl (C=O) groups is 1. The first-order valence-corrected chi connectivity index (χ1v) is 10.3. The van der Waals surface area contributed by atoms with Crippen molar-refractivity contribution in [1.29, 1.82) is 0 Å². The van der Waals surface area contributed by atoms with Crippen LogP contribution in [-0.4, -0.2) is 42.2 Å². The molecule has 5 nitrogen and oxygen atoms in total. The van der Waals surface area contributed by atoms with Crippen molar-refractivity contribution in [1.82, 2.24) is 10.3 Å². The van der Waals surface area contributed by atoms with Gasteiger partial charge in [0.25, 0.3) is 0 Å². The number of rotatable bonds is 7. The SMILES string of the molecule is CC=CCCCC(=O)NC[C@H]1[C@H]2CN(c3ccc(C)cn3)C[C@]23CC[C@H]1O3. The van der Waals surface area contributed by atoms with Gasteiger partial charge in [-0.1, -0.05) is 18.2 Å². The Hall–Kier alpha value is -1.88. The highest BCUT2D eigenvalue weighted by atomic mass is 16.5. The lowest BCUT2D eigenvalue weighted by molar-refractivity contribution is -0.121. The van der Waals surface area contributed by atoms with Crippen molar-refractivity contribution in [3.8, 4) is 0 Å². The van der Waals surface area contributed by atoms with Crippen molar-refractivity contribution in [3.05, 3.63) is 36.0 Å². The van der Waals surface area contributed by atoms with E-state index in [0.717, 1.165) is 51.1 Å². The van der Waals surface area contributed by atoms with Crippen molar-refractivity contribution in [3.63, 3.8) is 0 Å². The van der Waals surface area contributed by atoms with E-state index < -0.39 is 0 Å². The number of anilines is 1. The van der Waals surface area contributed by atoms with Crippen LogP contribution in [0.3, 0.4) is 0 Å². The number of unbranched alkanes of at least 4 members (excludes halogenated alkanes) is 1. The number of ether oxygens (including phenoxy) is 1. The smallest absolute Gasteiger partial charge is 0.220 e. The second-order valence-electron chi connectivity index (χ2n) is 8.37. The predicted octanol–water partition coefficient (Wildman–Crippen LogP) is 3.24. The molecule has 146 valence electrons. The average molecular weight is 370 g/mol. The van der Waals surface area contributed by atoms with Crippen LogP contribution in [0.15, 0.2) is 30.5 Å². The van der Waals surface area contributed by atoms with Crippen LogP contribution in [0, 0.1) is 18.8 Å². The molecule has 5 heteroatoms. The molecule has 3 aliphatic heterocycles. The molecule has 27 heavy (non-hydrogen) atoms. The molecule has 3 saturated heterocycles. The highest BCUT2D eigenvalue weighted by Crippen LogP contribution is 2.55. The molecular formula is C22H31N3O2. The Morgan fingerprint density at radius 3 is 3.15 bits per heavy atom. The van der Waals surface area contributed by atoms with Crippen LogP contribution in [-0.2, 0) is 9.53 Å². The second kappa shape index (κ2) is 7.63. The number of amides is 1. The van der Waals surface area contributed by atoms with Gasteiger partial charge in [0.1, 0.15) is 5.82 Å². The van der Waals surface area contributed by atoms with Gasteiger partial charge in [-0.05, 0) is 51.2 Å². The van der Waals surface area contributed by atoms with Gasteiger partial charge in [0.05, 0.1) is 11.7 Å². The summed E-state index contributed by atoms with van der Waals surface area (Å²) in [7, 11) is 0. The van der Waals surface area contributed by atoms with Gasteiger partial charge in [-0.2, -0.15) is 0 Å². The molecule has 1 aromatic heterocycles. The molecule has 4 heterocycles. The Bertz CT molecular complexity index is 702. The summed E-state index contributed by atoms with van der Waals surface area (Å²) in [5, 5.41) is 3.18. The fourth-order valence-corrected chi connectivity index (χ4v) is 5.15. The maximum Gasteiger partial charge on any atom is 0.220 e. The molecule has 0 saturated carbocycles. The van der Waals surface area contributed by atoms with Crippen molar-refractivity contribution >= 4 is 11.7 Å². The molecule has 4 rings (SSSR count). The van der Waals surface area contributed by atoms with E-state index in [2.05, 4.69) is 40.3 Å². The Morgan fingerprint density at radius 1 is 1.48 bits per heavy atom. The Labute approximate surface area is 162 Å². The average Bonchev–Trinajstić information content (AvgIpc) is 3.32. The lowest BCUT2D eigenvalue weighted by Crippen LogP contribution is -2.41. The summed E-state index contributed by atoms with van der Waals surface area (Å²) in [4.78, 5) is 19.2. The summed E-state index contributed by atoms with van der Waals surface area (Å²) in [6.45, 7) is 6.74. The molecule has 0 aromatic carbocycles. The molecule has 2 bridgehead atoms. The fourth-order valence-electron chi connectivity index (χ4n) is 5.15. The van der Waals surface area contributed by atoms with Crippen molar-refractivity contribution in [2.24, 2.45) is 11.8 Å². The first kappa shape index (κ1) is 18.5. The van der Waals surface area contributed by atoms with Gasteiger partial charge in [0.15, 0.2) is 0 Å². The highest BCUT2D eigenvalue weighted by Gasteiger charge is 2.63. The van der Waals surface area contributed by atoms with E-state index in [1.807, 2.05) is 19.2 Å². The van der Waals surface area contributed by atoms with Gasteiger partial charge in [-0.15, -0.1) is 0 Å². The standard InChI is InChI=1S/C22H31N3O2/c1-3-4-5-6-7-21(26)24-13-17-18-14-25(20-9-8-16(2)12-23-20)15-22(18)11-10-19(17)27-22/h3-4,8-9,12,17-19H,5-7,10-11,13-15H2,1-2H3,(H,24,26)/t17-,18+,19+,22+/m0/s1. The highest BCUT2D eigenvalue weighted by molar-refractivity contribution is 5.75. The molecule has 0 aliphatic carbocycles. The summed E-state index contributed by atoms with van der Waals surface area (Å²) >= 11 is 0. The van der Waals surface area contributed by atoms with Crippen LogP contribution in [0.25, 0.3) is 0 Å². The molecule has 3 aliphatic rings. The van der Waals surface area contributed by atoms with E-state index in [0.29, 0.717) is 24.4 Å². The summed E-state index contributed by atoms with van der Waals surface area (Å²) in [5.41, 5.74) is 1.15. The van der Waals surface area contributed by atoms with E-state index in [1.165, 1.54) is 5.56 Å². The Kier molecular flexibility index (Phi) is 5.22. The number of carbonyl (C=O) groups excluding carboxylic acids is 1. The third-order valence-electron chi connectivity index (χ3n) is 6.55. The van der Waals surface area contributed by atoms with Gasteiger partial charge >= 0.3 is 0 Å². The summed E-state index contributed by atoms with van der Waals surface area (Å²) < 4.78 is 6.49. The van der Waals surface area contributed by atoms with Gasteiger partial charge in [0.2, 0.25) is 5.91 Å². The number of nitrogens with one attached hydrogen (secondary N) is 1. The number of hydrogen-bond acceptors (Lipinski definition) is 4. The van der Waals surface area contributed by atoms with Gasteiger partial charge in [-0.25, -0.2) is 4.98 Å². The van der Waals surface area contributed by atoms with Crippen molar-refractivity contribution in [2.45, 2.75) is 57.7 Å². The zero-order valence-corrected chi connectivity index (χ0v) is 16.5. The van der Waals surface area contributed by atoms with E-state index in [-0.39, 0.29) is 11.5 Å². The van der Waals surface area contributed by atoms with Crippen LogP contribution in [0.1, 0.15) is 44.6 Å². The van der Waals surface area contributed by atoms with E-state index in [1.54, 1.807) is 0 Å². The molecule has 4 atom stereocenters. The Balaban J connectivity index is 1.35. The minimum Gasteiger partial charge on any atom is -0.369 e. The third kappa shape index (κ3) is 3.62. The molecule has 0 radical (unpaired) electrons. The first-order chi connectivity index (χ1) is 13.1. The van der Waals surface area contributed by atoms with Crippen LogP contribution < -0.4 is 10.2 Å². The zero-order chi connectivity index (χ0) is 18.9. The predicted molar refractivity (Wildman–Crippen MR) is 107 cm³/mol. The lowest BCUT2D eigenvalue weighted by Gasteiger charge is -2.29. The van der Waals surface area contributed by atoms with Gasteiger partial charge < -0.3 is 15.0 Å². The number of aromatic nitrogens is 1. The molecule has 3 fully saturated rings. The van der Waals surface area contributed by atoms with Gasteiger partial charge in [-0.3, -0.25) is 4.79 Å².